The van der Waals surface area contributed by atoms with E-state index in [0.717, 1.165) is 18.5 Å². The summed E-state index contributed by atoms with van der Waals surface area (Å²) in [6, 6.07) is 4.57. The van der Waals surface area contributed by atoms with Gasteiger partial charge >= 0.3 is 0 Å². The smallest absolute Gasteiger partial charge is 0.163 e. The van der Waals surface area contributed by atoms with Gasteiger partial charge in [0, 0.05) is 25.0 Å². The van der Waals surface area contributed by atoms with Gasteiger partial charge in [0.2, 0.25) is 0 Å². The second-order valence-corrected chi connectivity index (χ2v) is 4.51. The molecule has 0 radical (unpaired) electrons. The molecule has 5 nitrogen and oxygen atoms in total. The van der Waals surface area contributed by atoms with Crippen molar-refractivity contribution in [3.63, 3.8) is 0 Å². The van der Waals surface area contributed by atoms with Crippen LogP contribution in [0, 0.1) is 5.82 Å². The number of hydrogen-bond donors (Lipinski definition) is 1. The maximum atomic E-state index is 13.3. The Bertz CT molecular complexity index is 765. The fourth-order valence-corrected chi connectivity index (χ4v) is 2.25. The van der Waals surface area contributed by atoms with Gasteiger partial charge in [-0.3, -0.25) is 0 Å². The van der Waals surface area contributed by atoms with Gasteiger partial charge in [-0.25, -0.2) is 19.3 Å². The standard InChI is InChI=1S/C14H14FN5/c1-2-7-20-11-4-3-9(15)8-10(11)19-14(20)12-13(16)18-6-5-17-12/h3-6,8H,2,7H2,1H3,(H2,16,18). The molecular formula is C14H14FN5. The van der Waals surface area contributed by atoms with E-state index >= 15 is 0 Å². The van der Waals surface area contributed by atoms with Crippen molar-refractivity contribution in [1.82, 2.24) is 19.5 Å². The van der Waals surface area contributed by atoms with E-state index in [1.54, 1.807) is 12.3 Å². The molecule has 1 aromatic carbocycles. The average Bonchev–Trinajstić information content (AvgIpc) is 2.77. The number of imidazole rings is 1. The highest BCUT2D eigenvalue weighted by molar-refractivity contribution is 5.81. The number of nitrogens with zero attached hydrogens (tertiary/aromatic N) is 4. The van der Waals surface area contributed by atoms with Crippen LogP contribution in [0.15, 0.2) is 30.6 Å². The lowest BCUT2D eigenvalue weighted by atomic mass is 10.3. The first-order valence-electron chi connectivity index (χ1n) is 6.43. The van der Waals surface area contributed by atoms with Crippen molar-refractivity contribution >= 4 is 16.9 Å². The third-order valence-electron chi connectivity index (χ3n) is 3.10. The number of anilines is 1. The highest BCUT2D eigenvalue weighted by Gasteiger charge is 2.16. The molecule has 0 bridgehead atoms. The molecule has 0 saturated heterocycles. The number of rotatable bonds is 3. The Kier molecular flexibility index (Phi) is 3.06. The van der Waals surface area contributed by atoms with E-state index in [1.807, 2.05) is 4.57 Å². The van der Waals surface area contributed by atoms with E-state index in [-0.39, 0.29) is 5.82 Å². The van der Waals surface area contributed by atoms with Gasteiger partial charge in [-0.15, -0.1) is 0 Å². The Hall–Kier alpha value is -2.50. The molecule has 0 atom stereocenters. The van der Waals surface area contributed by atoms with E-state index < -0.39 is 0 Å². The molecule has 0 aliphatic rings. The van der Waals surface area contributed by atoms with Gasteiger partial charge in [0.25, 0.3) is 0 Å². The van der Waals surface area contributed by atoms with Gasteiger partial charge in [-0.05, 0) is 18.6 Å². The van der Waals surface area contributed by atoms with Crippen LogP contribution in [0.2, 0.25) is 0 Å². The van der Waals surface area contributed by atoms with Crippen LogP contribution < -0.4 is 5.73 Å². The molecule has 0 saturated carbocycles. The molecule has 0 fully saturated rings. The number of aryl methyl sites for hydroxylation is 1. The first kappa shape index (κ1) is 12.5. The Morgan fingerprint density at radius 2 is 2.05 bits per heavy atom. The quantitative estimate of drug-likeness (QED) is 0.795. The molecule has 3 rings (SSSR count). The van der Waals surface area contributed by atoms with Crippen LogP contribution in [0.3, 0.4) is 0 Å². The van der Waals surface area contributed by atoms with Crippen molar-refractivity contribution in [3.05, 3.63) is 36.4 Å². The summed E-state index contributed by atoms with van der Waals surface area (Å²) in [7, 11) is 0. The number of nitrogens with two attached hydrogens (primary N) is 1. The van der Waals surface area contributed by atoms with Crippen LogP contribution in [0.5, 0.6) is 0 Å². The number of fused-ring (bicyclic) bond motifs is 1. The summed E-state index contributed by atoms with van der Waals surface area (Å²) < 4.78 is 15.3. The SMILES string of the molecule is CCCn1c(-c2nccnc2N)nc2cc(F)ccc21. The number of halogens is 1. The molecule has 20 heavy (non-hydrogen) atoms. The summed E-state index contributed by atoms with van der Waals surface area (Å²) in [5.74, 6) is 0.635. The summed E-state index contributed by atoms with van der Waals surface area (Å²) in [4.78, 5) is 12.7. The molecule has 0 spiro atoms. The number of benzene rings is 1. The Morgan fingerprint density at radius 1 is 1.25 bits per heavy atom. The second-order valence-electron chi connectivity index (χ2n) is 4.51. The largest absolute Gasteiger partial charge is 0.382 e. The van der Waals surface area contributed by atoms with Crippen molar-refractivity contribution in [1.29, 1.82) is 0 Å². The molecule has 102 valence electrons. The van der Waals surface area contributed by atoms with Crippen molar-refractivity contribution < 1.29 is 4.39 Å². The van der Waals surface area contributed by atoms with E-state index in [0.29, 0.717) is 22.9 Å². The zero-order chi connectivity index (χ0) is 14.1. The highest BCUT2D eigenvalue weighted by atomic mass is 19.1. The summed E-state index contributed by atoms with van der Waals surface area (Å²) in [6.45, 7) is 2.83. The third-order valence-corrected chi connectivity index (χ3v) is 3.10. The van der Waals surface area contributed by atoms with Crippen molar-refractivity contribution in [2.75, 3.05) is 5.73 Å². The first-order chi connectivity index (χ1) is 9.70. The van der Waals surface area contributed by atoms with Crippen LogP contribution in [0.4, 0.5) is 10.2 Å². The lowest BCUT2D eigenvalue weighted by Gasteiger charge is -2.08. The molecule has 2 heterocycles. The minimum absolute atomic E-state index is 0.308. The molecule has 0 amide bonds. The first-order valence-corrected chi connectivity index (χ1v) is 6.43. The molecule has 2 N–H and O–H groups in total. The monoisotopic (exact) mass is 271 g/mol. The van der Waals surface area contributed by atoms with E-state index in [1.165, 1.54) is 18.3 Å². The topological polar surface area (TPSA) is 69.6 Å². The summed E-state index contributed by atoms with van der Waals surface area (Å²) in [5.41, 5.74) is 7.86. The summed E-state index contributed by atoms with van der Waals surface area (Å²) in [6.07, 6.45) is 4.03. The number of aromatic nitrogens is 4. The number of nitrogen functional groups attached to an aromatic ring is 1. The van der Waals surface area contributed by atoms with Crippen molar-refractivity contribution in [2.24, 2.45) is 0 Å². The molecule has 0 unspecified atom stereocenters. The Morgan fingerprint density at radius 3 is 2.80 bits per heavy atom. The molecule has 3 aromatic rings. The average molecular weight is 271 g/mol. The van der Waals surface area contributed by atoms with Gasteiger partial charge in [0.1, 0.15) is 11.5 Å². The normalized spacial score (nSPS) is 11.1. The van der Waals surface area contributed by atoms with Gasteiger partial charge in [-0.1, -0.05) is 6.92 Å². The minimum atomic E-state index is -0.308. The van der Waals surface area contributed by atoms with Crippen LogP contribution in [0.25, 0.3) is 22.6 Å². The van der Waals surface area contributed by atoms with Crippen molar-refractivity contribution in [3.8, 4) is 11.5 Å². The predicted molar refractivity (Wildman–Crippen MR) is 75.4 cm³/mol. The highest BCUT2D eigenvalue weighted by Crippen LogP contribution is 2.26. The van der Waals surface area contributed by atoms with Gasteiger partial charge in [0.05, 0.1) is 11.0 Å². The second kappa shape index (κ2) is 4.88. The lowest BCUT2D eigenvalue weighted by Crippen LogP contribution is -2.04. The van der Waals surface area contributed by atoms with Crippen LogP contribution in [-0.2, 0) is 6.54 Å². The molecular weight excluding hydrogens is 257 g/mol. The maximum Gasteiger partial charge on any atom is 0.163 e. The van der Waals surface area contributed by atoms with E-state index in [9.17, 15) is 4.39 Å². The molecule has 0 aliphatic carbocycles. The van der Waals surface area contributed by atoms with Crippen LogP contribution >= 0.6 is 0 Å². The Labute approximate surface area is 115 Å². The number of hydrogen-bond acceptors (Lipinski definition) is 4. The van der Waals surface area contributed by atoms with Crippen molar-refractivity contribution in [2.45, 2.75) is 19.9 Å². The van der Waals surface area contributed by atoms with Gasteiger partial charge < -0.3 is 10.3 Å². The molecule has 0 aliphatic heterocycles. The maximum absolute atomic E-state index is 13.3. The van der Waals surface area contributed by atoms with Gasteiger partial charge in [-0.2, -0.15) is 0 Å². The Balaban J connectivity index is 2.29. The van der Waals surface area contributed by atoms with E-state index in [2.05, 4.69) is 21.9 Å². The molecule has 6 heteroatoms. The zero-order valence-electron chi connectivity index (χ0n) is 11.0. The predicted octanol–water partition coefficient (Wildman–Crippen LogP) is 2.62. The van der Waals surface area contributed by atoms with Crippen LogP contribution in [-0.4, -0.2) is 19.5 Å². The molecule has 2 aromatic heterocycles. The zero-order valence-corrected chi connectivity index (χ0v) is 11.0. The van der Waals surface area contributed by atoms with E-state index in [4.69, 9.17) is 5.73 Å². The fraction of sp³-hybridized carbons (Fsp3) is 0.214. The minimum Gasteiger partial charge on any atom is -0.382 e. The van der Waals surface area contributed by atoms with Crippen LogP contribution in [0.1, 0.15) is 13.3 Å². The summed E-state index contributed by atoms with van der Waals surface area (Å²) in [5, 5.41) is 0. The third kappa shape index (κ3) is 1.99. The fourth-order valence-electron chi connectivity index (χ4n) is 2.25. The summed E-state index contributed by atoms with van der Waals surface area (Å²) >= 11 is 0. The van der Waals surface area contributed by atoms with Gasteiger partial charge in [0.15, 0.2) is 11.6 Å². The lowest BCUT2D eigenvalue weighted by molar-refractivity contribution is 0.629.